The molecule has 22 heavy (non-hydrogen) atoms. The summed E-state index contributed by atoms with van der Waals surface area (Å²) in [6.07, 6.45) is 1.77. The first-order valence-corrected chi connectivity index (χ1v) is 13.2. The zero-order valence-electron chi connectivity index (χ0n) is 14.4. The number of hydrogen-bond donors (Lipinski definition) is 0. The van der Waals surface area contributed by atoms with Gasteiger partial charge in [0.15, 0.2) is 0 Å². The Bertz CT molecular complexity index is 308. The molecular weight excluding hydrogens is 483 g/mol. The van der Waals surface area contributed by atoms with Crippen LogP contribution in [0.15, 0.2) is 0 Å². The third-order valence-electron chi connectivity index (χ3n) is 2.89. The fourth-order valence-electron chi connectivity index (χ4n) is 0.671. The van der Waals surface area contributed by atoms with Crippen LogP contribution in [0.25, 0.3) is 0 Å². The van der Waals surface area contributed by atoms with Crippen LogP contribution in [0.4, 0.5) is 0 Å². The quantitative estimate of drug-likeness (QED) is 0.501. The van der Waals surface area contributed by atoms with E-state index in [0.717, 1.165) is 0 Å². The van der Waals surface area contributed by atoms with Crippen LogP contribution in [0.1, 0.15) is 41.5 Å². The summed E-state index contributed by atoms with van der Waals surface area (Å²) >= 11 is 0. The van der Waals surface area contributed by atoms with Crippen LogP contribution in [-0.4, -0.2) is 37.0 Å². The van der Waals surface area contributed by atoms with Gasteiger partial charge in [0.1, 0.15) is 0 Å². The first-order chi connectivity index (χ1) is 9.36. The molecule has 0 aromatic carbocycles. The third-order valence-corrected chi connectivity index (χ3v) is 8.67. The normalized spacial score (nSPS) is 11.3. The Balaban J connectivity index is -0.000000108. The maximum Gasteiger partial charge on any atom is 3.00 e. The van der Waals surface area contributed by atoms with Gasteiger partial charge in [-0.2, -0.15) is 0 Å². The molecule has 0 rings (SSSR count). The van der Waals surface area contributed by atoms with E-state index < -0.39 is 22.1 Å². The average Bonchev–Trinajstić information content (AvgIpc) is 2.48. The van der Waals surface area contributed by atoms with E-state index in [1.54, 1.807) is 41.5 Å². The summed E-state index contributed by atoms with van der Waals surface area (Å²) in [4.78, 5) is 31.2. The van der Waals surface area contributed by atoms with Gasteiger partial charge < -0.3 is 28.4 Å². The molecule has 0 spiro atoms. The van der Waals surface area contributed by atoms with Crippen molar-refractivity contribution < 1.29 is 68.8 Å². The minimum absolute atomic E-state index is 0. The van der Waals surface area contributed by atoms with Crippen LogP contribution >= 0.6 is 22.1 Å². The van der Waals surface area contributed by atoms with E-state index in [4.69, 9.17) is 0 Å². The minimum Gasteiger partial charge on any atom is -0.799 e. The molecule has 0 N–H and O–H groups in total. The molecule has 0 saturated carbocycles. The van der Waals surface area contributed by atoms with Gasteiger partial charge in [0.2, 0.25) is 0 Å². The molecule has 135 valence electrons. The van der Waals surface area contributed by atoms with Gasteiger partial charge in [-0.05, 0) is 37.0 Å². The summed E-state index contributed by atoms with van der Waals surface area (Å²) in [6, 6.07) is 0. The molecule has 0 unspecified atom stereocenters. The van der Waals surface area contributed by atoms with Gasteiger partial charge in [-0.15, -0.1) is 0 Å². The van der Waals surface area contributed by atoms with Crippen LogP contribution in [0, 0.1) is 40.4 Å². The predicted octanol–water partition coefficient (Wildman–Crippen LogP) is 1.99. The monoisotopic (exact) mass is 515 g/mol. The second-order valence-corrected chi connectivity index (χ2v) is 13.0. The fraction of sp³-hybridized carbons (Fsp3) is 1.00. The van der Waals surface area contributed by atoms with Gasteiger partial charge in [-0.1, -0.05) is 41.5 Å². The van der Waals surface area contributed by atoms with Crippen LogP contribution in [0.2, 0.25) is 0 Å². The van der Waals surface area contributed by atoms with Gasteiger partial charge in [0, 0.05) is 22.1 Å². The largest absolute Gasteiger partial charge is 3.00 e. The van der Waals surface area contributed by atoms with Gasteiger partial charge in [0.25, 0.3) is 0 Å². The van der Waals surface area contributed by atoms with Crippen molar-refractivity contribution >= 4 is 22.1 Å². The Hall–Kier alpha value is 1.91. The Morgan fingerprint density at radius 3 is 0.591 bits per heavy atom. The zero-order chi connectivity index (χ0) is 17.7. The topological polar surface area (TPSA) is 120 Å². The summed E-state index contributed by atoms with van der Waals surface area (Å²) in [5.41, 5.74) is 0. The van der Waals surface area contributed by atoms with Gasteiger partial charge in [-0.3, -0.25) is 0 Å². The fourth-order valence-corrected chi connectivity index (χ4v) is 2.01. The van der Waals surface area contributed by atoms with Gasteiger partial charge in [0.05, 0.1) is 0 Å². The average molecular weight is 514 g/mol. The molecule has 0 aromatic rings. The molecule has 0 atom stereocenters. The van der Waals surface area contributed by atoms with E-state index >= 15 is 0 Å². The van der Waals surface area contributed by atoms with E-state index in [-0.39, 0.29) is 40.4 Å². The Morgan fingerprint density at radius 2 is 0.591 bits per heavy atom. The third kappa shape index (κ3) is 24.2. The summed E-state index contributed by atoms with van der Waals surface area (Å²) in [5, 5.41) is 0. The molecule has 10 heteroatoms. The molecule has 0 aromatic heterocycles. The van der Waals surface area contributed by atoms with E-state index in [1.165, 1.54) is 0 Å². The minimum atomic E-state index is -2.90. The smallest absolute Gasteiger partial charge is 0.799 e. The van der Waals surface area contributed by atoms with Crippen molar-refractivity contribution in [1.29, 1.82) is 0 Å². The molecule has 0 fully saturated rings. The van der Waals surface area contributed by atoms with Crippen LogP contribution in [0.5, 0.6) is 0 Å². The van der Waals surface area contributed by atoms with E-state index in [2.05, 4.69) is 0 Å². The predicted molar refractivity (Wildman–Crippen MR) is 86.1 cm³/mol. The molecule has 0 amide bonds. The van der Waals surface area contributed by atoms with Crippen molar-refractivity contribution in [3.8, 4) is 0 Å². The number of hydrogen-bond acceptors (Lipinski definition) is 6. The van der Waals surface area contributed by atoms with E-state index in [1.807, 2.05) is 0 Å². The SMILES string of the molecule is CCP(=O)([O-])CC.CCP(=O)([O-])CC.CCP(=O)([O-])CC.[Sm+3]. The Morgan fingerprint density at radius 1 is 0.500 bits per heavy atom. The number of rotatable bonds is 6. The standard InChI is InChI=1S/3C4H11O2P.Sm/c3*1-3-7(5,6)4-2;/h3*3-4H2,1-2H3,(H,5,6);/q;;;+3/p-3. The van der Waals surface area contributed by atoms with Crippen LogP contribution in [-0.2, 0) is 13.7 Å². The molecule has 0 heterocycles. The first kappa shape index (κ1) is 31.7. The van der Waals surface area contributed by atoms with Gasteiger partial charge >= 0.3 is 40.4 Å². The molecule has 1 radical (unpaired) electrons. The van der Waals surface area contributed by atoms with Crippen LogP contribution in [0.3, 0.4) is 0 Å². The Labute approximate surface area is 168 Å². The maximum atomic E-state index is 10.4. The molecular formula is C12H30O6P3Sm. The van der Waals surface area contributed by atoms with Gasteiger partial charge in [-0.25, -0.2) is 0 Å². The van der Waals surface area contributed by atoms with Crippen molar-refractivity contribution in [2.75, 3.05) is 37.0 Å². The maximum absolute atomic E-state index is 10.4. The molecule has 0 aliphatic heterocycles. The first-order valence-electron chi connectivity index (χ1n) is 7.24. The van der Waals surface area contributed by atoms with Crippen molar-refractivity contribution in [1.82, 2.24) is 0 Å². The molecule has 0 saturated heterocycles. The van der Waals surface area contributed by atoms with Crippen molar-refractivity contribution in [2.24, 2.45) is 0 Å². The van der Waals surface area contributed by atoms with Crippen molar-refractivity contribution in [2.45, 2.75) is 41.5 Å². The second kappa shape index (κ2) is 16.4. The zero-order valence-corrected chi connectivity index (χ0v) is 19.7. The summed E-state index contributed by atoms with van der Waals surface area (Å²) in [6.45, 7) is 9.98. The van der Waals surface area contributed by atoms with Crippen LogP contribution < -0.4 is 14.7 Å². The molecule has 6 nitrogen and oxygen atoms in total. The van der Waals surface area contributed by atoms with Crippen molar-refractivity contribution in [3.05, 3.63) is 0 Å². The second-order valence-electron chi connectivity index (χ2n) is 4.34. The Kier molecular flexibility index (Phi) is 23.6. The van der Waals surface area contributed by atoms with Crippen molar-refractivity contribution in [3.63, 3.8) is 0 Å². The summed E-state index contributed by atoms with van der Waals surface area (Å²) in [5.74, 6) is 0. The molecule has 0 aliphatic carbocycles. The summed E-state index contributed by atoms with van der Waals surface area (Å²) in [7, 11) is -8.71. The molecule has 0 aliphatic rings. The summed E-state index contributed by atoms with van der Waals surface area (Å²) < 4.78 is 31.2. The molecule has 0 bridgehead atoms. The van der Waals surface area contributed by atoms with E-state index in [9.17, 15) is 28.4 Å². The van der Waals surface area contributed by atoms with E-state index in [0.29, 0.717) is 37.0 Å².